The number of nitrogens with one attached hydrogen (secondary N) is 2. The zero-order valence-electron chi connectivity index (χ0n) is 16.8. The predicted octanol–water partition coefficient (Wildman–Crippen LogP) is 3.48. The number of aliphatic imine (C=N–C) groups is 1. The maximum Gasteiger partial charge on any atom is 0.222 e. The lowest BCUT2D eigenvalue weighted by Crippen LogP contribution is -2.39. The third kappa shape index (κ3) is 5.83. The first-order chi connectivity index (χ1) is 13.7. The third-order valence-corrected chi connectivity index (χ3v) is 5.86. The minimum absolute atomic E-state index is 0.243. The second-order valence-electron chi connectivity index (χ2n) is 7.07. The Morgan fingerprint density at radius 3 is 2.75 bits per heavy atom. The summed E-state index contributed by atoms with van der Waals surface area (Å²) < 4.78 is 0. The van der Waals surface area contributed by atoms with E-state index in [1.54, 1.807) is 11.3 Å². The van der Waals surface area contributed by atoms with Crippen molar-refractivity contribution in [2.75, 3.05) is 19.6 Å². The molecule has 6 heteroatoms. The largest absolute Gasteiger partial charge is 0.357 e. The van der Waals surface area contributed by atoms with Gasteiger partial charge in [0, 0.05) is 42.4 Å². The Morgan fingerprint density at radius 2 is 2.00 bits per heavy atom. The SMILES string of the molecule is CCNC(=NCc1ccc(C)s1)NCCCC(=O)N1CCc2ccccc2C1. The van der Waals surface area contributed by atoms with Crippen LogP contribution in [0.1, 0.15) is 40.6 Å². The maximum atomic E-state index is 12.5. The van der Waals surface area contributed by atoms with Gasteiger partial charge in [0.15, 0.2) is 5.96 Å². The fourth-order valence-corrected chi connectivity index (χ4v) is 4.20. The summed E-state index contributed by atoms with van der Waals surface area (Å²) in [6.45, 7) is 7.98. The van der Waals surface area contributed by atoms with Gasteiger partial charge in [-0.1, -0.05) is 24.3 Å². The van der Waals surface area contributed by atoms with Gasteiger partial charge in [-0.2, -0.15) is 0 Å². The Balaban J connectivity index is 1.41. The summed E-state index contributed by atoms with van der Waals surface area (Å²) in [6.07, 6.45) is 2.33. The van der Waals surface area contributed by atoms with E-state index in [4.69, 9.17) is 0 Å². The molecule has 0 atom stereocenters. The molecule has 0 spiro atoms. The minimum Gasteiger partial charge on any atom is -0.357 e. The number of fused-ring (bicyclic) bond motifs is 1. The number of thiophene rings is 1. The molecule has 0 saturated carbocycles. The van der Waals surface area contributed by atoms with E-state index in [1.807, 2.05) is 4.90 Å². The van der Waals surface area contributed by atoms with Crippen molar-refractivity contribution in [3.8, 4) is 0 Å². The molecule has 1 aliphatic heterocycles. The smallest absolute Gasteiger partial charge is 0.222 e. The summed E-state index contributed by atoms with van der Waals surface area (Å²) in [5.74, 6) is 1.06. The molecule has 0 fully saturated rings. The summed E-state index contributed by atoms with van der Waals surface area (Å²) >= 11 is 1.78. The Hall–Kier alpha value is -2.34. The van der Waals surface area contributed by atoms with Crippen molar-refractivity contribution in [2.24, 2.45) is 4.99 Å². The maximum absolute atomic E-state index is 12.5. The lowest BCUT2D eigenvalue weighted by Gasteiger charge is -2.29. The standard InChI is InChI=1S/C22H30N4OS/c1-3-23-22(25-15-20-11-10-17(2)28-20)24-13-6-9-21(27)26-14-12-18-7-4-5-8-19(18)16-26/h4-5,7-8,10-11H,3,6,9,12-16H2,1-2H3,(H2,23,24,25). The molecule has 1 amide bonds. The van der Waals surface area contributed by atoms with Crippen LogP contribution in [0.15, 0.2) is 41.4 Å². The average molecular weight is 399 g/mol. The molecule has 0 radical (unpaired) electrons. The minimum atomic E-state index is 0.243. The van der Waals surface area contributed by atoms with E-state index in [2.05, 4.69) is 65.9 Å². The molecule has 1 aromatic heterocycles. The molecular formula is C22H30N4OS. The van der Waals surface area contributed by atoms with Crippen LogP contribution < -0.4 is 10.6 Å². The molecular weight excluding hydrogens is 368 g/mol. The quantitative estimate of drug-likeness (QED) is 0.427. The highest BCUT2D eigenvalue weighted by Gasteiger charge is 2.19. The molecule has 2 N–H and O–H groups in total. The van der Waals surface area contributed by atoms with E-state index in [1.165, 1.54) is 20.9 Å². The van der Waals surface area contributed by atoms with Gasteiger partial charge in [-0.25, -0.2) is 4.99 Å². The number of benzene rings is 1. The number of guanidine groups is 1. The third-order valence-electron chi connectivity index (χ3n) is 4.88. The van der Waals surface area contributed by atoms with Crippen molar-refractivity contribution in [3.05, 3.63) is 57.3 Å². The van der Waals surface area contributed by atoms with E-state index in [-0.39, 0.29) is 5.91 Å². The lowest BCUT2D eigenvalue weighted by atomic mass is 9.99. The van der Waals surface area contributed by atoms with Gasteiger partial charge in [-0.05, 0) is 49.9 Å². The van der Waals surface area contributed by atoms with Gasteiger partial charge in [-0.15, -0.1) is 11.3 Å². The van der Waals surface area contributed by atoms with Crippen LogP contribution >= 0.6 is 11.3 Å². The zero-order chi connectivity index (χ0) is 19.8. The zero-order valence-corrected chi connectivity index (χ0v) is 17.6. The van der Waals surface area contributed by atoms with Crippen molar-refractivity contribution in [2.45, 2.75) is 46.2 Å². The summed E-state index contributed by atoms with van der Waals surface area (Å²) in [7, 11) is 0. The summed E-state index contributed by atoms with van der Waals surface area (Å²) in [5, 5.41) is 6.61. The second-order valence-corrected chi connectivity index (χ2v) is 8.44. The number of carbonyl (C=O) groups is 1. The van der Waals surface area contributed by atoms with Crippen LogP contribution in [0.4, 0.5) is 0 Å². The summed E-state index contributed by atoms with van der Waals surface area (Å²) in [4.78, 5) is 21.7. The highest BCUT2D eigenvalue weighted by atomic mass is 32.1. The van der Waals surface area contributed by atoms with Crippen molar-refractivity contribution in [3.63, 3.8) is 0 Å². The van der Waals surface area contributed by atoms with Crippen LogP contribution in [0.2, 0.25) is 0 Å². The summed E-state index contributed by atoms with van der Waals surface area (Å²) in [6, 6.07) is 12.7. The van der Waals surface area contributed by atoms with Gasteiger partial charge in [0.25, 0.3) is 0 Å². The predicted molar refractivity (Wildman–Crippen MR) is 117 cm³/mol. The fraction of sp³-hybridized carbons (Fsp3) is 0.455. The first kappa shape index (κ1) is 20.4. The number of hydrogen-bond acceptors (Lipinski definition) is 3. The van der Waals surface area contributed by atoms with Crippen molar-refractivity contribution in [1.29, 1.82) is 0 Å². The number of aryl methyl sites for hydroxylation is 1. The molecule has 0 bridgehead atoms. The number of amides is 1. The van der Waals surface area contributed by atoms with E-state index in [0.717, 1.165) is 45.0 Å². The molecule has 1 aromatic carbocycles. The fourth-order valence-electron chi connectivity index (χ4n) is 3.38. The molecule has 0 aliphatic carbocycles. The van der Waals surface area contributed by atoms with Crippen LogP contribution in [-0.4, -0.2) is 36.4 Å². The van der Waals surface area contributed by atoms with Crippen molar-refractivity contribution < 1.29 is 4.79 Å². The highest BCUT2D eigenvalue weighted by molar-refractivity contribution is 7.11. The van der Waals surface area contributed by atoms with Gasteiger partial charge in [0.05, 0.1) is 6.54 Å². The highest BCUT2D eigenvalue weighted by Crippen LogP contribution is 2.19. The normalized spacial score (nSPS) is 13.9. The first-order valence-corrected chi connectivity index (χ1v) is 10.9. The van der Waals surface area contributed by atoms with Crippen LogP contribution in [-0.2, 0) is 24.3 Å². The van der Waals surface area contributed by atoms with E-state index in [0.29, 0.717) is 13.0 Å². The molecule has 28 heavy (non-hydrogen) atoms. The van der Waals surface area contributed by atoms with Gasteiger partial charge >= 0.3 is 0 Å². The molecule has 5 nitrogen and oxygen atoms in total. The number of rotatable bonds is 7. The Kier molecular flexibility index (Phi) is 7.48. The van der Waals surface area contributed by atoms with Gasteiger partial charge in [0.2, 0.25) is 5.91 Å². The second kappa shape index (κ2) is 10.3. The van der Waals surface area contributed by atoms with Crippen LogP contribution in [0.3, 0.4) is 0 Å². The molecule has 1 aliphatic rings. The molecule has 2 aromatic rings. The summed E-state index contributed by atoms with van der Waals surface area (Å²) in [5.41, 5.74) is 2.66. The van der Waals surface area contributed by atoms with Gasteiger partial charge in [0.1, 0.15) is 0 Å². The van der Waals surface area contributed by atoms with Crippen LogP contribution in [0.25, 0.3) is 0 Å². The van der Waals surface area contributed by atoms with Gasteiger partial charge in [-0.3, -0.25) is 4.79 Å². The topological polar surface area (TPSA) is 56.7 Å². The average Bonchev–Trinajstić information content (AvgIpc) is 3.13. The number of nitrogens with zero attached hydrogens (tertiary/aromatic N) is 2. The van der Waals surface area contributed by atoms with Crippen LogP contribution in [0.5, 0.6) is 0 Å². The lowest BCUT2D eigenvalue weighted by molar-refractivity contribution is -0.132. The van der Waals surface area contributed by atoms with Crippen molar-refractivity contribution >= 4 is 23.2 Å². The molecule has 0 saturated heterocycles. The molecule has 2 heterocycles. The van der Waals surface area contributed by atoms with E-state index in [9.17, 15) is 4.79 Å². The molecule has 150 valence electrons. The Morgan fingerprint density at radius 1 is 1.18 bits per heavy atom. The van der Waals surface area contributed by atoms with Gasteiger partial charge < -0.3 is 15.5 Å². The van der Waals surface area contributed by atoms with E-state index >= 15 is 0 Å². The monoisotopic (exact) mass is 398 g/mol. The molecule has 0 unspecified atom stereocenters. The van der Waals surface area contributed by atoms with Crippen LogP contribution in [0, 0.1) is 6.92 Å². The first-order valence-electron chi connectivity index (χ1n) is 10.1. The number of carbonyl (C=O) groups excluding carboxylic acids is 1. The van der Waals surface area contributed by atoms with E-state index < -0.39 is 0 Å². The number of hydrogen-bond donors (Lipinski definition) is 2. The Labute approximate surface area is 171 Å². The molecule has 3 rings (SSSR count). The Bertz CT molecular complexity index is 814. The van der Waals surface area contributed by atoms with Crippen molar-refractivity contribution in [1.82, 2.24) is 15.5 Å².